The number of anilines is 1. The van der Waals surface area contributed by atoms with E-state index in [1.807, 2.05) is 6.92 Å². The van der Waals surface area contributed by atoms with Crippen LogP contribution in [0, 0.1) is 12.3 Å². The number of ether oxygens (including phenoxy) is 2. The Bertz CT molecular complexity index is 577. The zero-order valence-corrected chi connectivity index (χ0v) is 10.4. The lowest BCUT2D eigenvalue weighted by molar-refractivity contribution is -0.147. The number of hydrogen-bond acceptors (Lipinski definition) is 4. The summed E-state index contributed by atoms with van der Waals surface area (Å²) in [6, 6.07) is 3.42. The minimum Gasteiger partial charge on any atom is -0.480 e. The molecule has 1 aliphatic carbocycles. The molecule has 1 amide bonds. The Morgan fingerprint density at radius 2 is 1.89 bits per heavy atom. The predicted octanol–water partition coefficient (Wildman–Crippen LogP) is 1.53. The molecule has 19 heavy (non-hydrogen) atoms. The summed E-state index contributed by atoms with van der Waals surface area (Å²) in [6.07, 6.45) is 0.773. The highest BCUT2D eigenvalue weighted by Gasteiger charge is 2.57. The maximum Gasteiger partial charge on any atom is 0.319 e. The molecule has 0 unspecified atom stereocenters. The van der Waals surface area contributed by atoms with Crippen molar-refractivity contribution in [3.8, 4) is 11.5 Å². The van der Waals surface area contributed by atoms with E-state index in [0.717, 1.165) is 5.56 Å². The average Bonchev–Trinajstić information content (AvgIpc) is 3.06. The second-order valence-corrected chi connectivity index (χ2v) is 4.86. The van der Waals surface area contributed by atoms with Gasteiger partial charge >= 0.3 is 5.97 Å². The molecule has 0 saturated heterocycles. The van der Waals surface area contributed by atoms with Crippen molar-refractivity contribution < 1.29 is 24.2 Å². The number of aliphatic carboxylic acids is 1. The number of carbonyl (C=O) groups excluding carboxylic acids is 1. The summed E-state index contributed by atoms with van der Waals surface area (Å²) in [5, 5.41) is 11.7. The van der Waals surface area contributed by atoms with Crippen LogP contribution in [-0.2, 0) is 9.59 Å². The number of nitrogens with one attached hydrogen (secondary N) is 1. The molecule has 1 heterocycles. The summed E-state index contributed by atoms with van der Waals surface area (Å²) in [7, 11) is 0. The molecule has 0 aromatic heterocycles. The number of rotatable bonds is 3. The molecule has 2 aliphatic rings. The van der Waals surface area contributed by atoms with E-state index in [2.05, 4.69) is 5.32 Å². The van der Waals surface area contributed by atoms with Crippen LogP contribution in [-0.4, -0.2) is 23.8 Å². The van der Waals surface area contributed by atoms with Crippen LogP contribution in [0.4, 0.5) is 5.69 Å². The highest BCUT2D eigenvalue weighted by molar-refractivity contribution is 6.11. The summed E-state index contributed by atoms with van der Waals surface area (Å²) in [4.78, 5) is 23.1. The van der Waals surface area contributed by atoms with Crippen molar-refractivity contribution in [3.63, 3.8) is 0 Å². The third kappa shape index (κ3) is 1.80. The maximum atomic E-state index is 12.0. The largest absolute Gasteiger partial charge is 0.480 e. The van der Waals surface area contributed by atoms with Gasteiger partial charge in [-0.15, -0.1) is 0 Å². The van der Waals surface area contributed by atoms with Crippen LogP contribution < -0.4 is 14.8 Å². The van der Waals surface area contributed by atoms with Gasteiger partial charge in [0, 0.05) is 11.8 Å². The number of benzene rings is 1. The second kappa shape index (κ2) is 3.88. The van der Waals surface area contributed by atoms with Crippen molar-refractivity contribution in [1.82, 2.24) is 0 Å². The molecule has 1 saturated carbocycles. The first-order valence-electron chi connectivity index (χ1n) is 5.98. The Labute approximate surface area is 109 Å². The Morgan fingerprint density at radius 1 is 1.26 bits per heavy atom. The molecule has 3 rings (SSSR count). The standard InChI is InChI=1S/C13H13NO5/c1-7-4-9-10(19-6-18-9)5-8(7)14-11(15)13(2-3-13)12(16)17/h4-5H,2-3,6H2,1H3,(H,14,15)(H,16,17). The quantitative estimate of drug-likeness (QED) is 0.808. The van der Waals surface area contributed by atoms with Gasteiger partial charge in [-0.2, -0.15) is 0 Å². The SMILES string of the molecule is Cc1cc2c(cc1NC(=O)C1(C(=O)O)CC1)OCO2. The maximum absolute atomic E-state index is 12.0. The normalized spacial score (nSPS) is 17.9. The van der Waals surface area contributed by atoms with E-state index in [9.17, 15) is 9.59 Å². The molecule has 1 fully saturated rings. The van der Waals surface area contributed by atoms with Crippen molar-refractivity contribution in [2.75, 3.05) is 12.1 Å². The van der Waals surface area contributed by atoms with Gasteiger partial charge in [0.15, 0.2) is 11.5 Å². The van der Waals surface area contributed by atoms with Crippen LogP contribution in [0.1, 0.15) is 18.4 Å². The van der Waals surface area contributed by atoms with E-state index in [1.165, 1.54) is 0 Å². The first-order valence-corrected chi connectivity index (χ1v) is 5.98. The number of carboxylic acids is 1. The summed E-state index contributed by atoms with van der Waals surface area (Å²) >= 11 is 0. The number of hydrogen-bond donors (Lipinski definition) is 2. The highest BCUT2D eigenvalue weighted by Crippen LogP contribution is 2.47. The lowest BCUT2D eigenvalue weighted by Gasteiger charge is -2.13. The lowest BCUT2D eigenvalue weighted by atomic mass is 10.1. The summed E-state index contributed by atoms with van der Waals surface area (Å²) in [5.41, 5.74) is 0.114. The Balaban J connectivity index is 1.84. The fraction of sp³-hybridized carbons (Fsp3) is 0.385. The van der Waals surface area contributed by atoms with Gasteiger partial charge in [0.1, 0.15) is 5.41 Å². The first kappa shape index (κ1) is 11.8. The second-order valence-electron chi connectivity index (χ2n) is 4.86. The fourth-order valence-corrected chi connectivity index (χ4v) is 2.08. The smallest absolute Gasteiger partial charge is 0.319 e. The van der Waals surface area contributed by atoms with Gasteiger partial charge in [0.25, 0.3) is 0 Å². The molecule has 0 atom stereocenters. The number of fused-ring (bicyclic) bond motifs is 1. The molecule has 1 aromatic rings. The molecule has 6 heteroatoms. The molecular weight excluding hydrogens is 250 g/mol. The van der Waals surface area contributed by atoms with Crippen LogP contribution in [0.5, 0.6) is 11.5 Å². The summed E-state index contributed by atoms with van der Waals surface area (Å²) in [5.74, 6) is -0.346. The van der Waals surface area contributed by atoms with Gasteiger partial charge in [-0.05, 0) is 31.4 Å². The minimum atomic E-state index is -1.25. The minimum absolute atomic E-state index is 0.158. The van der Waals surface area contributed by atoms with E-state index in [0.29, 0.717) is 30.0 Å². The predicted molar refractivity (Wildman–Crippen MR) is 65.2 cm³/mol. The van der Waals surface area contributed by atoms with Crippen molar-refractivity contribution >= 4 is 17.6 Å². The van der Waals surface area contributed by atoms with Gasteiger partial charge in [0.2, 0.25) is 12.7 Å². The topological polar surface area (TPSA) is 84.9 Å². The van der Waals surface area contributed by atoms with Crippen LogP contribution in [0.2, 0.25) is 0 Å². The van der Waals surface area contributed by atoms with Crippen LogP contribution in [0.25, 0.3) is 0 Å². The van der Waals surface area contributed by atoms with Gasteiger partial charge < -0.3 is 19.9 Å². The molecule has 2 N–H and O–H groups in total. The van der Waals surface area contributed by atoms with Crippen LogP contribution >= 0.6 is 0 Å². The Morgan fingerprint density at radius 3 is 2.47 bits per heavy atom. The Kier molecular flexibility index (Phi) is 2.41. The number of carboxylic acid groups (broad SMARTS) is 1. The van der Waals surface area contributed by atoms with Crippen molar-refractivity contribution in [2.45, 2.75) is 19.8 Å². The number of carbonyl (C=O) groups is 2. The molecule has 0 bridgehead atoms. The third-order valence-corrected chi connectivity index (χ3v) is 3.56. The van der Waals surface area contributed by atoms with Crippen LogP contribution in [0.15, 0.2) is 12.1 Å². The molecular formula is C13H13NO5. The van der Waals surface area contributed by atoms with E-state index < -0.39 is 17.3 Å². The first-order chi connectivity index (χ1) is 9.03. The van der Waals surface area contributed by atoms with E-state index in [4.69, 9.17) is 14.6 Å². The van der Waals surface area contributed by atoms with Gasteiger partial charge in [0.05, 0.1) is 0 Å². The van der Waals surface area contributed by atoms with E-state index >= 15 is 0 Å². The average molecular weight is 263 g/mol. The van der Waals surface area contributed by atoms with Crippen molar-refractivity contribution in [1.29, 1.82) is 0 Å². The summed E-state index contributed by atoms with van der Waals surface area (Å²) < 4.78 is 10.5. The molecule has 1 aromatic carbocycles. The zero-order chi connectivity index (χ0) is 13.6. The van der Waals surface area contributed by atoms with E-state index in [1.54, 1.807) is 12.1 Å². The van der Waals surface area contributed by atoms with Crippen LogP contribution in [0.3, 0.4) is 0 Å². The number of amides is 1. The Hall–Kier alpha value is -2.24. The fourth-order valence-electron chi connectivity index (χ4n) is 2.08. The molecule has 100 valence electrons. The molecule has 0 spiro atoms. The molecule has 1 aliphatic heterocycles. The van der Waals surface area contributed by atoms with Gasteiger partial charge in [-0.1, -0.05) is 0 Å². The molecule has 6 nitrogen and oxygen atoms in total. The number of aryl methyl sites for hydroxylation is 1. The van der Waals surface area contributed by atoms with Crippen molar-refractivity contribution in [2.24, 2.45) is 5.41 Å². The van der Waals surface area contributed by atoms with Gasteiger partial charge in [-0.3, -0.25) is 9.59 Å². The van der Waals surface area contributed by atoms with Gasteiger partial charge in [-0.25, -0.2) is 0 Å². The van der Waals surface area contributed by atoms with Crippen molar-refractivity contribution in [3.05, 3.63) is 17.7 Å². The monoisotopic (exact) mass is 263 g/mol. The van der Waals surface area contributed by atoms with E-state index in [-0.39, 0.29) is 6.79 Å². The highest BCUT2D eigenvalue weighted by atomic mass is 16.7. The third-order valence-electron chi connectivity index (χ3n) is 3.56. The summed E-state index contributed by atoms with van der Waals surface area (Å²) in [6.45, 7) is 1.98. The lowest BCUT2D eigenvalue weighted by Crippen LogP contribution is -2.31. The molecule has 0 radical (unpaired) electrons. The zero-order valence-electron chi connectivity index (χ0n) is 10.4.